The molecule has 2 atom stereocenters. The van der Waals surface area contributed by atoms with Crippen LogP contribution in [0.4, 0.5) is 0 Å². The molecule has 1 saturated heterocycles. The number of benzene rings is 1. The molecular weight excluding hydrogens is 244 g/mol. The first-order valence-electron chi connectivity index (χ1n) is 8.30. The molecule has 20 heavy (non-hydrogen) atoms. The predicted molar refractivity (Wildman–Crippen MR) is 87.1 cm³/mol. The van der Waals surface area contributed by atoms with Gasteiger partial charge < -0.3 is 10.2 Å². The molecule has 0 aliphatic carbocycles. The van der Waals surface area contributed by atoms with Crippen LogP contribution in [0.25, 0.3) is 0 Å². The van der Waals surface area contributed by atoms with Crippen molar-refractivity contribution in [2.24, 2.45) is 0 Å². The van der Waals surface area contributed by atoms with Crippen molar-refractivity contribution in [2.45, 2.75) is 58.5 Å². The highest BCUT2D eigenvalue weighted by Gasteiger charge is 2.17. The Morgan fingerprint density at radius 3 is 2.30 bits per heavy atom. The Morgan fingerprint density at radius 2 is 1.75 bits per heavy atom. The van der Waals surface area contributed by atoms with Crippen LogP contribution in [0.15, 0.2) is 24.3 Å². The Hall–Kier alpha value is -0.860. The first-order chi connectivity index (χ1) is 9.72. The summed E-state index contributed by atoms with van der Waals surface area (Å²) >= 11 is 0. The second kappa shape index (κ2) is 7.80. The number of likely N-dealkylation sites (tertiary alicyclic amines) is 1. The first-order valence-corrected chi connectivity index (χ1v) is 8.30. The number of rotatable bonds is 7. The van der Waals surface area contributed by atoms with E-state index in [1.165, 1.54) is 43.6 Å². The largest absolute Gasteiger partial charge is 0.306 e. The standard InChI is InChI=1S/C18H30N2/c1-4-16-8-10-17(11-9-16)18(5-2)19-15(3)14-20-12-6-7-13-20/h8-11,15,18-19H,4-7,12-14H2,1-3H3. The number of hydrogen-bond acceptors (Lipinski definition) is 2. The van der Waals surface area contributed by atoms with Crippen LogP contribution in [0.1, 0.15) is 57.2 Å². The zero-order valence-corrected chi connectivity index (χ0v) is 13.4. The minimum Gasteiger partial charge on any atom is -0.306 e. The van der Waals surface area contributed by atoms with E-state index in [1.54, 1.807) is 0 Å². The average Bonchev–Trinajstić information content (AvgIpc) is 2.97. The summed E-state index contributed by atoms with van der Waals surface area (Å²) in [5.74, 6) is 0. The van der Waals surface area contributed by atoms with E-state index >= 15 is 0 Å². The number of nitrogens with zero attached hydrogens (tertiary/aromatic N) is 1. The highest BCUT2D eigenvalue weighted by atomic mass is 15.2. The monoisotopic (exact) mass is 274 g/mol. The molecule has 1 aromatic carbocycles. The van der Waals surface area contributed by atoms with Gasteiger partial charge in [-0.25, -0.2) is 0 Å². The molecule has 1 aliphatic rings. The molecule has 2 nitrogen and oxygen atoms in total. The van der Waals surface area contributed by atoms with Crippen molar-refractivity contribution in [3.8, 4) is 0 Å². The van der Waals surface area contributed by atoms with Crippen molar-refractivity contribution in [1.82, 2.24) is 10.2 Å². The van der Waals surface area contributed by atoms with Crippen LogP contribution in [0, 0.1) is 0 Å². The van der Waals surface area contributed by atoms with Crippen molar-refractivity contribution in [3.63, 3.8) is 0 Å². The maximum absolute atomic E-state index is 3.81. The van der Waals surface area contributed by atoms with E-state index in [0.29, 0.717) is 12.1 Å². The summed E-state index contributed by atoms with van der Waals surface area (Å²) in [6.07, 6.45) is 5.02. The van der Waals surface area contributed by atoms with Gasteiger partial charge in [-0.05, 0) is 56.8 Å². The van der Waals surface area contributed by atoms with Crippen molar-refractivity contribution in [2.75, 3.05) is 19.6 Å². The second-order valence-electron chi connectivity index (χ2n) is 6.13. The van der Waals surface area contributed by atoms with E-state index in [4.69, 9.17) is 0 Å². The van der Waals surface area contributed by atoms with Gasteiger partial charge in [-0.2, -0.15) is 0 Å². The molecule has 0 radical (unpaired) electrons. The maximum Gasteiger partial charge on any atom is 0.0320 e. The van der Waals surface area contributed by atoms with Gasteiger partial charge in [0.05, 0.1) is 0 Å². The molecule has 1 aliphatic heterocycles. The number of hydrogen-bond donors (Lipinski definition) is 1. The van der Waals surface area contributed by atoms with Gasteiger partial charge >= 0.3 is 0 Å². The van der Waals surface area contributed by atoms with Gasteiger partial charge in [-0.1, -0.05) is 38.1 Å². The van der Waals surface area contributed by atoms with E-state index in [2.05, 4.69) is 55.3 Å². The van der Waals surface area contributed by atoms with Gasteiger partial charge in [-0.15, -0.1) is 0 Å². The molecule has 2 heteroatoms. The van der Waals surface area contributed by atoms with Crippen molar-refractivity contribution in [1.29, 1.82) is 0 Å². The molecule has 0 amide bonds. The van der Waals surface area contributed by atoms with Crippen LogP contribution in [0.3, 0.4) is 0 Å². The lowest BCUT2D eigenvalue weighted by atomic mass is 10.0. The molecule has 2 rings (SSSR count). The smallest absolute Gasteiger partial charge is 0.0320 e. The molecule has 0 spiro atoms. The van der Waals surface area contributed by atoms with Gasteiger partial charge in [0.1, 0.15) is 0 Å². The van der Waals surface area contributed by atoms with E-state index in [9.17, 15) is 0 Å². The minimum atomic E-state index is 0.485. The van der Waals surface area contributed by atoms with Crippen LogP contribution >= 0.6 is 0 Å². The Labute approximate surface area is 124 Å². The average molecular weight is 274 g/mol. The van der Waals surface area contributed by atoms with Gasteiger partial charge in [0.2, 0.25) is 0 Å². The Bertz CT molecular complexity index is 379. The SMILES string of the molecule is CCc1ccc(C(CC)NC(C)CN2CCCC2)cc1. The van der Waals surface area contributed by atoms with Crippen molar-refractivity contribution >= 4 is 0 Å². The quantitative estimate of drug-likeness (QED) is 0.814. The Morgan fingerprint density at radius 1 is 1.10 bits per heavy atom. The molecule has 0 bridgehead atoms. The van der Waals surface area contributed by atoms with Crippen LogP contribution in [-0.4, -0.2) is 30.6 Å². The van der Waals surface area contributed by atoms with Crippen molar-refractivity contribution in [3.05, 3.63) is 35.4 Å². The number of nitrogens with one attached hydrogen (secondary N) is 1. The highest BCUT2D eigenvalue weighted by molar-refractivity contribution is 5.25. The van der Waals surface area contributed by atoms with Gasteiger partial charge in [-0.3, -0.25) is 0 Å². The molecule has 1 fully saturated rings. The Kier molecular flexibility index (Phi) is 6.06. The third kappa shape index (κ3) is 4.32. The van der Waals surface area contributed by atoms with E-state index < -0.39 is 0 Å². The molecule has 0 saturated carbocycles. The zero-order chi connectivity index (χ0) is 14.4. The fourth-order valence-electron chi connectivity index (χ4n) is 3.18. The molecule has 1 aromatic rings. The fraction of sp³-hybridized carbons (Fsp3) is 0.667. The number of aryl methyl sites for hydroxylation is 1. The molecule has 2 unspecified atom stereocenters. The lowest BCUT2D eigenvalue weighted by molar-refractivity contribution is 0.284. The van der Waals surface area contributed by atoms with E-state index in [0.717, 1.165) is 12.8 Å². The zero-order valence-electron chi connectivity index (χ0n) is 13.4. The first kappa shape index (κ1) is 15.5. The topological polar surface area (TPSA) is 15.3 Å². The normalized spacial score (nSPS) is 19.1. The predicted octanol–water partition coefficient (Wildman–Crippen LogP) is 3.77. The van der Waals surface area contributed by atoms with Crippen LogP contribution in [0.2, 0.25) is 0 Å². The van der Waals surface area contributed by atoms with Crippen molar-refractivity contribution < 1.29 is 0 Å². The molecule has 0 aromatic heterocycles. The third-order valence-corrected chi connectivity index (χ3v) is 4.42. The third-order valence-electron chi connectivity index (χ3n) is 4.42. The molecule has 112 valence electrons. The summed E-state index contributed by atoms with van der Waals surface area (Å²) in [5, 5.41) is 3.81. The lowest BCUT2D eigenvalue weighted by Crippen LogP contribution is -2.39. The molecule has 1 heterocycles. The van der Waals surface area contributed by atoms with Gasteiger partial charge in [0.15, 0.2) is 0 Å². The summed E-state index contributed by atoms with van der Waals surface area (Å²) in [6, 6.07) is 10.2. The highest BCUT2D eigenvalue weighted by Crippen LogP contribution is 2.19. The maximum atomic E-state index is 3.81. The van der Waals surface area contributed by atoms with Crippen LogP contribution in [0.5, 0.6) is 0 Å². The molecular formula is C18H30N2. The summed E-state index contributed by atoms with van der Waals surface area (Å²) < 4.78 is 0. The summed E-state index contributed by atoms with van der Waals surface area (Å²) in [5.41, 5.74) is 2.85. The van der Waals surface area contributed by atoms with Crippen LogP contribution in [-0.2, 0) is 6.42 Å². The summed E-state index contributed by atoms with van der Waals surface area (Å²) in [7, 11) is 0. The fourth-order valence-corrected chi connectivity index (χ4v) is 3.18. The molecule has 1 N–H and O–H groups in total. The summed E-state index contributed by atoms with van der Waals surface area (Å²) in [6.45, 7) is 10.6. The minimum absolute atomic E-state index is 0.485. The van der Waals surface area contributed by atoms with E-state index in [-0.39, 0.29) is 0 Å². The second-order valence-corrected chi connectivity index (χ2v) is 6.13. The van der Waals surface area contributed by atoms with Gasteiger partial charge in [0, 0.05) is 18.6 Å². The summed E-state index contributed by atoms with van der Waals surface area (Å²) in [4.78, 5) is 2.59. The lowest BCUT2D eigenvalue weighted by Gasteiger charge is -2.26. The van der Waals surface area contributed by atoms with Crippen LogP contribution < -0.4 is 5.32 Å². The Balaban J connectivity index is 1.89. The van der Waals surface area contributed by atoms with Gasteiger partial charge in [0.25, 0.3) is 0 Å². The van der Waals surface area contributed by atoms with E-state index in [1.807, 2.05) is 0 Å².